The molecule has 1 unspecified atom stereocenters. The molecule has 0 amide bonds. The van der Waals surface area contributed by atoms with Gasteiger partial charge in [0.25, 0.3) is 0 Å². The van der Waals surface area contributed by atoms with Gasteiger partial charge in [-0.25, -0.2) is 9.93 Å². The summed E-state index contributed by atoms with van der Waals surface area (Å²) < 4.78 is 29.6. The fourth-order valence-electron chi connectivity index (χ4n) is 0.692. The van der Waals surface area contributed by atoms with Crippen LogP contribution < -0.4 is 5.14 Å². The third-order valence-electron chi connectivity index (χ3n) is 1.22. The molecule has 0 aromatic heterocycles. The maximum Gasteiger partial charge on any atom is 0.333 e. The summed E-state index contributed by atoms with van der Waals surface area (Å²) >= 11 is 0. The van der Waals surface area contributed by atoms with Crippen LogP contribution >= 0.6 is 0 Å². The van der Waals surface area contributed by atoms with Crippen molar-refractivity contribution < 1.29 is 22.1 Å². The number of nitrogens with two attached hydrogens (primary N) is 1. The van der Waals surface area contributed by atoms with Crippen molar-refractivity contribution >= 4 is 16.3 Å². The van der Waals surface area contributed by atoms with E-state index in [9.17, 15) is 13.2 Å². The lowest BCUT2D eigenvalue weighted by Crippen LogP contribution is -2.21. The third-order valence-corrected chi connectivity index (χ3v) is 1.82. The van der Waals surface area contributed by atoms with Crippen LogP contribution in [0.1, 0.15) is 13.3 Å². The number of hydrogen-bond acceptors (Lipinski definition) is 5. The number of rotatable bonds is 5. The monoisotopic (exact) mass is 223 g/mol. The van der Waals surface area contributed by atoms with Gasteiger partial charge in [0.1, 0.15) is 0 Å². The summed E-state index contributed by atoms with van der Waals surface area (Å²) in [4.78, 5) is 10.6. The van der Waals surface area contributed by atoms with Gasteiger partial charge in [-0.3, -0.25) is 4.18 Å². The zero-order chi connectivity index (χ0) is 11.2. The number of hydrogen-bond donors (Lipinski definition) is 1. The van der Waals surface area contributed by atoms with E-state index in [2.05, 4.69) is 14.1 Å². The van der Waals surface area contributed by atoms with E-state index < -0.39 is 22.4 Å². The van der Waals surface area contributed by atoms with Crippen LogP contribution in [0.4, 0.5) is 0 Å². The van der Waals surface area contributed by atoms with Crippen LogP contribution in [0.5, 0.6) is 0 Å². The highest BCUT2D eigenvalue weighted by atomic mass is 32.2. The summed E-state index contributed by atoms with van der Waals surface area (Å²) in [5.74, 6) is -0.507. The van der Waals surface area contributed by atoms with Crippen molar-refractivity contribution in [2.45, 2.75) is 19.4 Å². The molecule has 0 saturated heterocycles. The maximum atomic E-state index is 10.6. The van der Waals surface area contributed by atoms with Gasteiger partial charge in [-0.05, 0) is 13.3 Å². The molecular formula is C7H13NO5S. The van der Waals surface area contributed by atoms with Crippen LogP contribution in [-0.2, 0) is 24.0 Å². The Balaban J connectivity index is 3.91. The minimum atomic E-state index is -3.93. The van der Waals surface area contributed by atoms with Crippen LogP contribution in [0.2, 0.25) is 0 Å². The number of ether oxygens (including phenoxy) is 1. The zero-order valence-corrected chi connectivity index (χ0v) is 8.78. The second-order valence-electron chi connectivity index (χ2n) is 2.56. The smallest absolute Gasteiger partial charge is 0.333 e. The molecule has 0 aliphatic rings. The summed E-state index contributed by atoms with van der Waals surface area (Å²) in [6.07, 6.45) is 2.28. The van der Waals surface area contributed by atoms with Crippen molar-refractivity contribution in [3.8, 4) is 0 Å². The van der Waals surface area contributed by atoms with Crippen LogP contribution in [0.3, 0.4) is 0 Å². The van der Waals surface area contributed by atoms with Crippen LogP contribution in [0.15, 0.2) is 12.2 Å². The summed E-state index contributed by atoms with van der Waals surface area (Å²) in [5.41, 5.74) is 0. The largest absolute Gasteiger partial charge is 0.466 e. The SMILES string of the molecule is COC(=O)C=CCC(C)OS(N)(=O)=O. The Bertz CT molecular complexity index is 308. The third kappa shape index (κ3) is 7.71. The van der Waals surface area contributed by atoms with Gasteiger partial charge in [0.2, 0.25) is 0 Å². The average molecular weight is 223 g/mol. The van der Waals surface area contributed by atoms with Gasteiger partial charge in [-0.2, -0.15) is 8.42 Å². The molecule has 0 aliphatic carbocycles. The van der Waals surface area contributed by atoms with Crippen LogP contribution in [0.25, 0.3) is 0 Å². The van der Waals surface area contributed by atoms with E-state index in [0.29, 0.717) is 0 Å². The molecule has 0 fully saturated rings. The van der Waals surface area contributed by atoms with Gasteiger partial charge >= 0.3 is 16.3 Å². The molecule has 1 atom stereocenters. The first-order valence-corrected chi connectivity index (χ1v) is 5.28. The number of carbonyl (C=O) groups is 1. The van der Waals surface area contributed by atoms with Crippen LogP contribution in [-0.4, -0.2) is 27.6 Å². The second kappa shape index (κ2) is 5.74. The van der Waals surface area contributed by atoms with Crippen molar-refractivity contribution in [2.24, 2.45) is 5.14 Å². The molecule has 0 spiro atoms. The van der Waals surface area contributed by atoms with E-state index in [1.165, 1.54) is 26.2 Å². The number of carbonyl (C=O) groups excluding carboxylic acids is 1. The maximum absolute atomic E-state index is 10.6. The lowest BCUT2D eigenvalue weighted by atomic mass is 10.3. The lowest BCUT2D eigenvalue weighted by molar-refractivity contribution is -0.134. The second-order valence-corrected chi connectivity index (χ2v) is 3.74. The predicted molar refractivity (Wildman–Crippen MR) is 49.4 cm³/mol. The minimum Gasteiger partial charge on any atom is -0.466 e. The van der Waals surface area contributed by atoms with Gasteiger partial charge < -0.3 is 4.74 Å². The van der Waals surface area contributed by atoms with Crippen molar-refractivity contribution in [3.63, 3.8) is 0 Å². The first kappa shape index (κ1) is 13.1. The molecule has 0 saturated carbocycles. The summed E-state index contributed by atoms with van der Waals surface area (Å²) in [7, 11) is -2.68. The first-order chi connectivity index (χ1) is 6.35. The van der Waals surface area contributed by atoms with E-state index >= 15 is 0 Å². The van der Waals surface area contributed by atoms with E-state index in [1.54, 1.807) is 0 Å². The fraction of sp³-hybridized carbons (Fsp3) is 0.571. The lowest BCUT2D eigenvalue weighted by Gasteiger charge is -2.06. The van der Waals surface area contributed by atoms with E-state index in [4.69, 9.17) is 0 Å². The Kier molecular flexibility index (Phi) is 5.36. The van der Waals surface area contributed by atoms with E-state index in [1.807, 2.05) is 0 Å². The standard InChI is InChI=1S/C7H13NO5S/c1-6(13-14(8,10)11)4-3-5-7(9)12-2/h3,5-6H,4H2,1-2H3,(H2,8,10,11). The van der Waals surface area contributed by atoms with E-state index in [0.717, 1.165) is 0 Å². The van der Waals surface area contributed by atoms with Crippen LogP contribution in [0, 0.1) is 0 Å². The van der Waals surface area contributed by atoms with Gasteiger partial charge in [0, 0.05) is 6.08 Å². The molecule has 6 nitrogen and oxygen atoms in total. The fourth-order valence-corrected chi connectivity index (χ4v) is 1.23. The number of esters is 1. The first-order valence-electron chi connectivity index (χ1n) is 3.80. The quantitative estimate of drug-likeness (QED) is 0.510. The predicted octanol–water partition coefficient (Wildman–Crippen LogP) is -0.286. The van der Waals surface area contributed by atoms with Gasteiger partial charge in [-0.15, -0.1) is 0 Å². The molecule has 0 aromatic carbocycles. The molecule has 0 aromatic rings. The van der Waals surface area contributed by atoms with Gasteiger partial charge in [-0.1, -0.05) is 6.08 Å². The molecule has 2 N–H and O–H groups in total. The number of methoxy groups -OCH3 is 1. The molecule has 82 valence electrons. The molecule has 7 heteroatoms. The molecular weight excluding hydrogens is 210 g/mol. The molecule has 0 aliphatic heterocycles. The molecule has 0 radical (unpaired) electrons. The molecule has 0 rings (SSSR count). The summed E-state index contributed by atoms with van der Waals surface area (Å²) in [6, 6.07) is 0. The highest BCUT2D eigenvalue weighted by Gasteiger charge is 2.08. The molecule has 14 heavy (non-hydrogen) atoms. The topological polar surface area (TPSA) is 95.7 Å². The van der Waals surface area contributed by atoms with Crippen molar-refractivity contribution in [2.75, 3.05) is 7.11 Å². The minimum absolute atomic E-state index is 0.255. The molecule has 0 bridgehead atoms. The van der Waals surface area contributed by atoms with Crippen molar-refractivity contribution in [1.29, 1.82) is 0 Å². The summed E-state index contributed by atoms with van der Waals surface area (Å²) in [5, 5.41) is 4.63. The Morgan fingerprint density at radius 3 is 2.57 bits per heavy atom. The van der Waals surface area contributed by atoms with E-state index in [-0.39, 0.29) is 6.42 Å². The Hall–Kier alpha value is -0.920. The highest BCUT2D eigenvalue weighted by Crippen LogP contribution is 2.01. The normalized spacial score (nSPS) is 14.2. The van der Waals surface area contributed by atoms with Crippen molar-refractivity contribution in [3.05, 3.63) is 12.2 Å². The Morgan fingerprint density at radius 1 is 1.57 bits per heavy atom. The van der Waals surface area contributed by atoms with Gasteiger partial charge in [0.05, 0.1) is 13.2 Å². The molecule has 0 heterocycles. The Labute approximate surface area is 82.9 Å². The average Bonchev–Trinajstić information content (AvgIpc) is 2.00. The zero-order valence-electron chi connectivity index (χ0n) is 7.97. The highest BCUT2D eigenvalue weighted by molar-refractivity contribution is 7.84. The summed E-state index contributed by atoms with van der Waals surface area (Å²) in [6.45, 7) is 1.52. The Morgan fingerprint density at radius 2 is 2.14 bits per heavy atom. The van der Waals surface area contributed by atoms with Crippen molar-refractivity contribution in [1.82, 2.24) is 0 Å². The van der Waals surface area contributed by atoms with Gasteiger partial charge in [0.15, 0.2) is 0 Å².